The molecule has 1 saturated heterocycles. The number of likely N-dealkylation sites (N-methyl/N-ethyl adjacent to an activating group) is 1. The second kappa shape index (κ2) is 7.26. The van der Waals surface area contributed by atoms with Crippen LogP contribution in [0.5, 0.6) is 5.75 Å². The zero-order valence-corrected chi connectivity index (χ0v) is 12.4. The highest BCUT2D eigenvalue weighted by molar-refractivity contribution is 5.90. The molecule has 0 saturated carbocycles. The van der Waals surface area contributed by atoms with Crippen molar-refractivity contribution < 1.29 is 19.3 Å². The molecule has 0 unspecified atom stereocenters. The number of benzene rings is 1. The lowest BCUT2D eigenvalue weighted by Gasteiger charge is -2.27. The van der Waals surface area contributed by atoms with Crippen LogP contribution in [0.1, 0.15) is 6.42 Å². The number of quaternary nitrogens is 2. The minimum absolute atomic E-state index is 0.0916. The largest absolute Gasteiger partial charge is 0.497 e. The second-order valence-corrected chi connectivity index (χ2v) is 5.48. The van der Waals surface area contributed by atoms with E-state index in [9.17, 15) is 4.79 Å². The van der Waals surface area contributed by atoms with Gasteiger partial charge in [0.25, 0.3) is 0 Å². The third kappa shape index (κ3) is 4.51. The van der Waals surface area contributed by atoms with Crippen LogP contribution < -0.4 is 19.9 Å². The molecule has 5 heteroatoms. The molecule has 1 heterocycles. The molecule has 5 nitrogen and oxygen atoms in total. The summed E-state index contributed by atoms with van der Waals surface area (Å²) in [6, 6.07) is 7.43. The zero-order valence-electron chi connectivity index (χ0n) is 12.4. The van der Waals surface area contributed by atoms with Crippen LogP contribution in [-0.2, 0) is 4.79 Å². The van der Waals surface area contributed by atoms with E-state index >= 15 is 0 Å². The Bertz CT molecular complexity index is 425. The summed E-state index contributed by atoms with van der Waals surface area (Å²) in [6.07, 6.45) is 0.584. The van der Waals surface area contributed by atoms with Gasteiger partial charge in [0.05, 0.1) is 27.1 Å². The lowest BCUT2D eigenvalue weighted by molar-refractivity contribution is -1.00. The number of amides is 1. The molecule has 1 aromatic rings. The van der Waals surface area contributed by atoms with E-state index in [2.05, 4.69) is 12.4 Å². The monoisotopic (exact) mass is 279 g/mol. The first-order valence-corrected chi connectivity index (χ1v) is 7.26. The van der Waals surface area contributed by atoms with Gasteiger partial charge in [-0.1, -0.05) is 0 Å². The molecule has 0 spiro atoms. The first-order chi connectivity index (χ1) is 9.67. The normalized spacial score (nSPS) is 22.3. The predicted octanol–water partition coefficient (Wildman–Crippen LogP) is -1.56. The van der Waals surface area contributed by atoms with E-state index in [1.54, 1.807) is 16.9 Å². The molecule has 1 aliphatic heterocycles. The summed E-state index contributed by atoms with van der Waals surface area (Å²) in [7, 11) is 3.86. The quantitative estimate of drug-likeness (QED) is 0.610. The molecular weight excluding hydrogens is 254 g/mol. The minimum Gasteiger partial charge on any atom is -0.497 e. The Hall–Kier alpha value is -1.59. The van der Waals surface area contributed by atoms with Gasteiger partial charge in [0.1, 0.15) is 31.9 Å². The zero-order chi connectivity index (χ0) is 14.4. The average Bonchev–Trinajstić information content (AvgIpc) is 2.47. The van der Waals surface area contributed by atoms with Crippen molar-refractivity contribution in [1.29, 1.82) is 0 Å². The molecule has 110 valence electrons. The van der Waals surface area contributed by atoms with Gasteiger partial charge >= 0.3 is 0 Å². The van der Waals surface area contributed by atoms with Crippen molar-refractivity contribution in [3.8, 4) is 5.75 Å². The van der Waals surface area contributed by atoms with E-state index in [-0.39, 0.29) is 5.91 Å². The Morgan fingerprint density at radius 1 is 1.20 bits per heavy atom. The van der Waals surface area contributed by atoms with E-state index in [1.807, 2.05) is 24.3 Å². The van der Waals surface area contributed by atoms with Crippen LogP contribution in [0.3, 0.4) is 0 Å². The first kappa shape index (κ1) is 14.8. The molecule has 0 aromatic heterocycles. The van der Waals surface area contributed by atoms with Crippen LogP contribution in [0.15, 0.2) is 24.3 Å². The molecule has 1 aliphatic rings. The number of carbonyl (C=O) groups is 1. The maximum absolute atomic E-state index is 11.9. The van der Waals surface area contributed by atoms with Gasteiger partial charge < -0.3 is 19.9 Å². The highest BCUT2D eigenvalue weighted by Crippen LogP contribution is 2.14. The molecule has 0 radical (unpaired) electrons. The topological polar surface area (TPSA) is 47.2 Å². The number of nitrogens with one attached hydrogen (secondary N) is 3. The van der Waals surface area contributed by atoms with Gasteiger partial charge in [0.2, 0.25) is 5.91 Å². The number of carbonyl (C=O) groups excluding carboxylic acids is 1. The van der Waals surface area contributed by atoms with E-state index in [4.69, 9.17) is 4.74 Å². The number of anilines is 1. The smallest absolute Gasteiger partial charge is 0.230 e. The molecule has 2 rings (SSSR count). The maximum atomic E-state index is 11.9. The maximum Gasteiger partial charge on any atom is 0.230 e. The Kier molecular flexibility index (Phi) is 5.38. The van der Waals surface area contributed by atoms with Gasteiger partial charge in [-0.25, -0.2) is 0 Å². The van der Waals surface area contributed by atoms with Crippen molar-refractivity contribution in [3.63, 3.8) is 0 Å². The van der Waals surface area contributed by atoms with Crippen molar-refractivity contribution in [1.82, 2.24) is 0 Å². The number of ether oxygens (including phenoxy) is 1. The van der Waals surface area contributed by atoms with E-state index in [0.29, 0.717) is 6.42 Å². The fourth-order valence-electron chi connectivity index (χ4n) is 2.47. The molecular formula is C15H25N3O2+2. The Morgan fingerprint density at radius 2 is 1.85 bits per heavy atom. The second-order valence-electron chi connectivity index (χ2n) is 5.48. The summed E-state index contributed by atoms with van der Waals surface area (Å²) in [5.74, 6) is 0.890. The van der Waals surface area contributed by atoms with Crippen molar-refractivity contribution >= 4 is 11.6 Å². The average molecular weight is 279 g/mol. The first-order valence-electron chi connectivity index (χ1n) is 7.26. The molecule has 1 aromatic carbocycles. The van der Waals surface area contributed by atoms with Crippen LogP contribution in [0.4, 0.5) is 5.69 Å². The lowest BCUT2D eigenvalue weighted by atomic mass is 10.2. The van der Waals surface area contributed by atoms with Crippen LogP contribution >= 0.6 is 0 Å². The minimum atomic E-state index is 0.0916. The summed E-state index contributed by atoms with van der Waals surface area (Å²) in [5.41, 5.74) is 0.827. The number of methoxy groups -OCH3 is 1. The van der Waals surface area contributed by atoms with Crippen LogP contribution in [0, 0.1) is 0 Å². The molecule has 0 aliphatic carbocycles. The summed E-state index contributed by atoms with van der Waals surface area (Å²) in [5, 5.41) is 2.93. The molecule has 20 heavy (non-hydrogen) atoms. The number of piperazine rings is 1. The molecule has 0 atom stereocenters. The van der Waals surface area contributed by atoms with Crippen molar-refractivity contribution in [2.75, 3.05) is 52.2 Å². The highest BCUT2D eigenvalue weighted by atomic mass is 16.5. The molecule has 0 bridgehead atoms. The van der Waals surface area contributed by atoms with Crippen LogP contribution in [0.2, 0.25) is 0 Å². The van der Waals surface area contributed by atoms with Crippen molar-refractivity contribution in [3.05, 3.63) is 24.3 Å². The van der Waals surface area contributed by atoms with Gasteiger partial charge in [-0.05, 0) is 24.3 Å². The van der Waals surface area contributed by atoms with E-state index in [0.717, 1.165) is 18.0 Å². The fourth-order valence-corrected chi connectivity index (χ4v) is 2.47. The van der Waals surface area contributed by atoms with Crippen LogP contribution in [0.25, 0.3) is 0 Å². The lowest BCUT2D eigenvalue weighted by Crippen LogP contribution is -3.27. The summed E-state index contributed by atoms with van der Waals surface area (Å²) in [4.78, 5) is 15.0. The number of rotatable bonds is 5. The third-order valence-corrected chi connectivity index (χ3v) is 3.89. The summed E-state index contributed by atoms with van der Waals surface area (Å²) in [6.45, 7) is 5.67. The number of hydrogen-bond donors (Lipinski definition) is 3. The Morgan fingerprint density at radius 3 is 2.45 bits per heavy atom. The van der Waals surface area contributed by atoms with Crippen LogP contribution in [-0.4, -0.2) is 52.8 Å². The van der Waals surface area contributed by atoms with Gasteiger partial charge in [0, 0.05) is 5.69 Å². The Labute approximate surface area is 120 Å². The Balaban J connectivity index is 1.72. The fraction of sp³-hybridized carbons (Fsp3) is 0.533. The predicted molar refractivity (Wildman–Crippen MR) is 78.4 cm³/mol. The van der Waals surface area contributed by atoms with E-state index < -0.39 is 0 Å². The summed E-state index contributed by atoms with van der Waals surface area (Å²) < 4.78 is 5.09. The highest BCUT2D eigenvalue weighted by Gasteiger charge is 2.20. The van der Waals surface area contributed by atoms with Gasteiger partial charge in [0.15, 0.2) is 0 Å². The SMILES string of the molecule is COc1ccc(NC(=O)CC[NH+]2CC[NH+](C)CC2)cc1. The van der Waals surface area contributed by atoms with E-state index in [1.165, 1.54) is 26.2 Å². The van der Waals surface area contributed by atoms with Gasteiger partial charge in [-0.3, -0.25) is 4.79 Å². The van der Waals surface area contributed by atoms with Gasteiger partial charge in [-0.15, -0.1) is 0 Å². The molecule has 3 N–H and O–H groups in total. The third-order valence-electron chi connectivity index (χ3n) is 3.89. The summed E-state index contributed by atoms with van der Waals surface area (Å²) >= 11 is 0. The molecule has 1 amide bonds. The van der Waals surface area contributed by atoms with Gasteiger partial charge in [-0.2, -0.15) is 0 Å². The number of hydrogen-bond acceptors (Lipinski definition) is 2. The molecule has 1 fully saturated rings. The van der Waals surface area contributed by atoms with Crippen molar-refractivity contribution in [2.45, 2.75) is 6.42 Å². The standard InChI is InChI=1S/C15H23N3O2/c1-17-9-11-18(12-10-17)8-7-15(19)16-13-3-5-14(20-2)6-4-13/h3-6H,7-12H2,1-2H3,(H,16,19)/p+2. The van der Waals surface area contributed by atoms with Crippen molar-refractivity contribution in [2.24, 2.45) is 0 Å².